The molecule has 164 valence electrons. The van der Waals surface area contributed by atoms with Crippen LogP contribution in [0.2, 0.25) is 0 Å². The van der Waals surface area contributed by atoms with E-state index in [-0.39, 0.29) is 29.9 Å². The van der Waals surface area contributed by atoms with Crippen LogP contribution < -0.4 is 10.6 Å². The standard InChI is InChI=1S/C23H28N6O.HI/c1-24-23(25-13-18-9-11-21(12-10-18)22(30)28(2)3)26-14-20-15-27-29(17-20)16-19-7-5-4-6-8-19;/h4-12,15,17H,13-14,16H2,1-3H3,(H2,24,25,26);1H. The van der Waals surface area contributed by atoms with Gasteiger partial charge >= 0.3 is 0 Å². The molecule has 0 saturated heterocycles. The van der Waals surface area contributed by atoms with Crippen LogP contribution >= 0.6 is 24.0 Å². The predicted octanol–water partition coefficient (Wildman–Crippen LogP) is 3.12. The third kappa shape index (κ3) is 7.39. The highest BCUT2D eigenvalue weighted by molar-refractivity contribution is 14.0. The van der Waals surface area contributed by atoms with Crippen molar-refractivity contribution in [2.75, 3.05) is 21.1 Å². The van der Waals surface area contributed by atoms with Crippen molar-refractivity contribution < 1.29 is 4.79 Å². The number of carbonyl (C=O) groups excluding carboxylic acids is 1. The fourth-order valence-electron chi connectivity index (χ4n) is 2.97. The number of halogens is 1. The molecule has 2 N–H and O–H groups in total. The van der Waals surface area contributed by atoms with Crippen molar-refractivity contribution in [2.45, 2.75) is 19.6 Å². The molecule has 7 nitrogen and oxygen atoms in total. The molecule has 0 bridgehead atoms. The summed E-state index contributed by atoms with van der Waals surface area (Å²) in [5.74, 6) is 0.707. The summed E-state index contributed by atoms with van der Waals surface area (Å²) in [6.07, 6.45) is 3.90. The summed E-state index contributed by atoms with van der Waals surface area (Å²) >= 11 is 0. The summed E-state index contributed by atoms with van der Waals surface area (Å²) in [5, 5.41) is 11.0. The van der Waals surface area contributed by atoms with Crippen LogP contribution in [0.5, 0.6) is 0 Å². The number of aliphatic imine (C=N–C) groups is 1. The van der Waals surface area contributed by atoms with Crippen molar-refractivity contribution in [3.63, 3.8) is 0 Å². The minimum absolute atomic E-state index is 0. The van der Waals surface area contributed by atoms with Crippen LogP contribution in [0.1, 0.15) is 27.0 Å². The summed E-state index contributed by atoms with van der Waals surface area (Å²) < 4.78 is 1.93. The Kier molecular flexibility index (Phi) is 9.51. The summed E-state index contributed by atoms with van der Waals surface area (Å²) in [5.41, 5.74) is 4.05. The van der Waals surface area contributed by atoms with Gasteiger partial charge in [0.1, 0.15) is 0 Å². The molecule has 8 heteroatoms. The molecule has 1 aromatic heterocycles. The maximum absolute atomic E-state index is 12.0. The summed E-state index contributed by atoms with van der Waals surface area (Å²) in [6.45, 7) is 1.99. The normalized spacial score (nSPS) is 10.9. The second-order valence-electron chi connectivity index (χ2n) is 7.21. The van der Waals surface area contributed by atoms with Crippen LogP contribution in [-0.4, -0.2) is 47.7 Å². The minimum atomic E-state index is -0.000189. The lowest BCUT2D eigenvalue weighted by atomic mass is 10.1. The number of guanidine groups is 1. The quantitative estimate of drug-likeness (QED) is 0.279. The zero-order valence-electron chi connectivity index (χ0n) is 18.1. The molecule has 0 aliphatic rings. The molecule has 2 aromatic carbocycles. The molecule has 0 atom stereocenters. The van der Waals surface area contributed by atoms with E-state index >= 15 is 0 Å². The molecule has 0 aliphatic carbocycles. The Balaban J connectivity index is 0.00000341. The first-order valence-electron chi connectivity index (χ1n) is 9.85. The van der Waals surface area contributed by atoms with Gasteiger partial charge in [-0.2, -0.15) is 5.10 Å². The first-order valence-corrected chi connectivity index (χ1v) is 9.85. The molecule has 1 heterocycles. The lowest BCUT2D eigenvalue weighted by Gasteiger charge is -2.13. The van der Waals surface area contributed by atoms with Crippen molar-refractivity contribution in [1.29, 1.82) is 0 Å². The zero-order chi connectivity index (χ0) is 21.3. The number of amides is 1. The smallest absolute Gasteiger partial charge is 0.253 e. The Labute approximate surface area is 200 Å². The summed E-state index contributed by atoms with van der Waals surface area (Å²) in [6, 6.07) is 17.8. The molecular formula is C23H29IN6O. The van der Waals surface area contributed by atoms with Gasteiger partial charge < -0.3 is 15.5 Å². The maximum Gasteiger partial charge on any atom is 0.253 e. The van der Waals surface area contributed by atoms with Gasteiger partial charge in [-0.15, -0.1) is 24.0 Å². The highest BCUT2D eigenvalue weighted by Crippen LogP contribution is 2.07. The second kappa shape index (κ2) is 12.1. The molecule has 0 radical (unpaired) electrons. The average Bonchev–Trinajstić information content (AvgIpc) is 3.21. The molecular weight excluding hydrogens is 503 g/mol. The van der Waals surface area contributed by atoms with Gasteiger partial charge in [0.05, 0.1) is 12.7 Å². The highest BCUT2D eigenvalue weighted by Gasteiger charge is 2.07. The zero-order valence-corrected chi connectivity index (χ0v) is 20.4. The van der Waals surface area contributed by atoms with E-state index in [2.05, 4.69) is 32.9 Å². The van der Waals surface area contributed by atoms with E-state index in [1.807, 2.05) is 59.5 Å². The minimum Gasteiger partial charge on any atom is -0.352 e. The van der Waals surface area contributed by atoms with Crippen LogP contribution in [0.25, 0.3) is 0 Å². The molecule has 3 rings (SSSR count). The Hall–Kier alpha value is -2.88. The number of nitrogens with one attached hydrogen (secondary N) is 2. The van der Waals surface area contributed by atoms with Gasteiger partial charge in [0.2, 0.25) is 0 Å². The first-order chi connectivity index (χ1) is 14.5. The number of rotatable bonds is 7. The summed E-state index contributed by atoms with van der Waals surface area (Å²) in [7, 11) is 5.24. The average molecular weight is 532 g/mol. The first kappa shape index (κ1) is 24.4. The Morgan fingerprint density at radius 1 is 0.968 bits per heavy atom. The monoisotopic (exact) mass is 532 g/mol. The fraction of sp³-hybridized carbons (Fsp3) is 0.261. The lowest BCUT2D eigenvalue weighted by molar-refractivity contribution is 0.0827. The SMILES string of the molecule is CN=C(NCc1ccc(C(=O)N(C)C)cc1)NCc1cnn(Cc2ccccc2)c1.I. The van der Waals surface area contributed by atoms with E-state index in [9.17, 15) is 4.79 Å². The largest absolute Gasteiger partial charge is 0.352 e. The van der Waals surface area contributed by atoms with Gasteiger partial charge in [-0.3, -0.25) is 14.5 Å². The molecule has 0 saturated carbocycles. The molecule has 0 fully saturated rings. The Morgan fingerprint density at radius 3 is 2.23 bits per heavy atom. The van der Waals surface area contributed by atoms with Gasteiger partial charge in [-0.1, -0.05) is 42.5 Å². The predicted molar refractivity (Wildman–Crippen MR) is 135 cm³/mol. The van der Waals surface area contributed by atoms with Gasteiger partial charge in [-0.25, -0.2) is 0 Å². The molecule has 0 spiro atoms. The highest BCUT2D eigenvalue weighted by atomic mass is 127. The van der Waals surface area contributed by atoms with E-state index < -0.39 is 0 Å². The van der Waals surface area contributed by atoms with Crippen LogP contribution in [0.4, 0.5) is 0 Å². The van der Waals surface area contributed by atoms with Gasteiger partial charge in [0.15, 0.2) is 5.96 Å². The van der Waals surface area contributed by atoms with E-state index in [4.69, 9.17) is 0 Å². The lowest BCUT2D eigenvalue weighted by Crippen LogP contribution is -2.36. The third-order valence-electron chi connectivity index (χ3n) is 4.62. The number of carbonyl (C=O) groups is 1. The molecule has 3 aromatic rings. The van der Waals surface area contributed by atoms with Crippen molar-refractivity contribution in [2.24, 2.45) is 4.99 Å². The third-order valence-corrected chi connectivity index (χ3v) is 4.62. The molecule has 0 aliphatic heterocycles. The molecule has 1 amide bonds. The Bertz CT molecular complexity index is 983. The maximum atomic E-state index is 12.0. The number of benzene rings is 2. The van der Waals surface area contributed by atoms with Crippen molar-refractivity contribution in [3.05, 3.63) is 89.2 Å². The van der Waals surface area contributed by atoms with Gasteiger partial charge in [0.25, 0.3) is 5.91 Å². The molecule has 0 unspecified atom stereocenters. The van der Waals surface area contributed by atoms with E-state index in [0.29, 0.717) is 24.6 Å². The van der Waals surface area contributed by atoms with Crippen LogP contribution in [0.15, 0.2) is 72.0 Å². The topological polar surface area (TPSA) is 74.6 Å². The number of hydrogen-bond donors (Lipinski definition) is 2. The number of hydrogen-bond acceptors (Lipinski definition) is 3. The second-order valence-corrected chi connectivity index (χ2v) is 7.21. The van der Waals surface area contributed by atoms with E-state index in [0.717, 1.165) is 17.7 Å². The number of aromatic nitrogens is 2. The van der Waals surface area contributed by atoms with Crippen molar-refractivity contribution >= 4 is 35.8 Å². The number of nitrogens with zero attached hydrogens (tertiary/aromatic N) is 4. The van der Waals surface area contributed by atoms with E-state index in [1.165, 1.54) is 5.56 Å². The van der Waals surface area contributed by atoms with E-state index in [1.54, 1.807) is 26.0 Å². The fourth-order valence-corrected chi connectivity index (χ4v) is 2.97. The van der Waals surface area contributed by atoms with Crippen molar-refractivity contribution in [1.82, 2.24) is 25.3 Å². The van der Waals surface area contributed by atoms with Crippen LogP contribution in [0.3, 0.4) is 0 Å². The van der Waals surface area contributed by atoms with Gasteiger partial charge in [-0.05, 0) is 23.3 Å². The van der Waals surface area contributed by atoms with Crippen LogP contribution in [-0.2, 0) is 19.6 Å². The van der Waals surface area contributed by atoms with Crippen LogP contribution in [0, 0.1) is 0 Å². The van der Waals surface area contributed by atoms with Gasteiger partial charge in [0, 0.05) is 51.6 Å². The molecule has 31 heavy (non-hydrogen) atoms. The van der Waals surface area contributed by atoms with Crippen molar-refractivity contribution in [3.8, 4) is 0 Å². The Morgan fingerprint density at radius 2 is 1.61 bits per heavy atom. The summed E-state index contributed by atoms with van der Waals surface area (Å²) in [4.78, 5) is 17.8.